The van der Waals surface area contributed by atoms with Crippen molar-refractivity contribution in [2.45, 2.75) is 18.9 Å². The van der Waals surface area contributed by atoms with Crippen LogP contribution < -0.4 is 5.48 Å². The number of hydrogen-bond acceptors (Lipinski definition) is 4. The molecule has 1 aliphatic heterocycles. The highest BCUT2D eigenvalue weighted by atomic mass is 79.9. The van der Waals surface area contributed by atoms with Gasteiger partial charge in [0.1, 0.15) is 5.82 Å². The van der Waals surface area contributed by atoms with E-state index in [1.54, 1.807) is 30.3 Å². The molecule has 0 aromatic heterocycles. The minimum atomic E-state index is -0.854. The van der Waals surface area contributed by atoms with Crippen LogP contribution >= 0.6 is 15.9 Å². The van der Waals surface area contributed by atoms with Gasteiger partial charge in [0.25, 0.3) is 5.91 Å². The van der Waals surface area contributed by atoms with Crippen LogP contribution in [0, 0.1) is 5.82 Å². The molecule has 0 aliphatic carbocycles. The van der Waals surface area contributed by atoms with Crippen molar-refractivity contribution in [1.82, 2.24) is 10.4 Å². The first-order valence-electron chi connectivity index (χ1n) is 8.12. The Bertz CT molecular complexity index is 918. The van der Waals surface area contributed by atoms with E-state index in [9.17, 15) is 18.8 Å². The van der Waals surface area contributed by atoms with Crippen molar-refractivity contribution in [2.75, 3.05) is 7.11 Å². The van der Waals surface area contributed by atoms with Crippen LogP contribution in [0.2, 0.25) is 0 Å². The van der Waals surface area contributed by atoms with Gasteiger partial charge >= 0.3 is 0 Å². The molecule has 140 valence electrons. The first kappa shape index (κ1) is 19.2. The zero-order valence-electron chi connectivity index (χ0n) is 14.4. The second kappa shape index (κ2) is 7.98. The largest absolute Gasteiger partial charge is 0.277 e. The molecular weight excluding hydrogens is 419 g/mol. The Labute approximate surface area is 163 Å². The molecule has 1 unspecified atom stereocenters. The maximum absolute atomic E-state index is 14.2. The molecular formula is C19H16BrFN2O4. The molecule has 8 heteroatoms. The van der Waals surface area contributed by atoms with Gasteiger partial charge < -0.3 is 0 Å². The quantitative estimate of drug-likeness (QED) is 0.579. The third kappa shape index (κ3) is 3.91. The Balaban J connectivity index is 1.96. The van der Waals surface area contributed by atoms with E-state index in [1.807, 2.05) is 0 Å². The van der Waals surface area contributed by atoms with Crippen LogP contribution in [0.1, 0.15) is 33.8 Å². The predicted molar refractivity (Wildman–Crippen MR) is 97.9 cm³/mol. The molecule has 0 saturated carbocycles. The van der Waals surface area contributed by atoms with Gasteiger partial charge in [-0.15, -0.1) is 0 Å². The van der Waals surface area contributed by atoms with Gasteiger partial charge in [0.05, 0.1) is 19.6 Å². The maximum Gasteiger partial charge on any atom is 0.261 e. The van der Waals surface area contributed by atoms with Gasteiger partial charge in [-0.25, -0.2) is 9.87 Å². The Morgan fingerprint density at radius 3 is 2.70 bits per heavy atom. The molecule has 0 fully saturated rings. The summed E-state index contributed by atoms with van der Waals surface area (Å²) in [5.41, 5.74) is 3.19. The van der Waals surface area contributed by atoms with Gasteiger partial charge in [0.2, 0.25) is 11.8 Å². The first-order chi connectivity index (χ1) is 12.9. The number of carbonyl (C=O) groups excluding carboxylic acids is 3. The van der Waals surface area contributed by atoms with E-state index in [0.29, 0.717) is 15.6 Å². The van der Waals surface area contributed by atoms with Crippen molar-refractivity contribution < 1.29 is 23.6 Å². The van der Waals surface area contributed by atoms with Gasteiger partial charge in [-0.2, -0.15) is 0 Å². The Morgan fingerprint density at radius 2 is 2.00 bits per heavy atom. The van der Waals surface area contributed by atoms with E-state index in [2.05, 4.69) is 26.2 Å². The van der Waals surface area contributed by atoms with Crippen LogP contribution in [-0.2, 0) is 21.0 Å². The number of amides is 3. The van der Waals surface area contributed by atoms with Crippen molar-refractivity contribution in [1.29, 1.82) is 0 Å². The van der Waals surface area contributed by atoms with Gasteiger partial charge in [-0.3, -0.25) is 24.1 Å². The Morgan fingerprint density at radius 1 is 1.26 bits per heavy atom. The van der Waals surface area contributed by atoms with Crippen molar-refractivity contribution >= 4 is 33.7 Å². The number of rotatable bonds is 5. The smallest absolute Gasteiger partial charge is 0.261 e. The number of nitrogens with zero attached hydrogens (tertiary/aromatic N) is 1. The predicted octanol–water partition coefficient (Wildman–Crippen LogP) is 2.92. The number of carbonyl (C=O) groups is 3. The lowest BCUT2D eigenvalue weighted by Gasteiger charge is -2.32. The van der Waals surface area contributed by atoms with E-state index in [0.717, 1.165) is 4.90 Å². The average molecular weight is 435 g/mol. The second-order valence-corrected chi connectivity index (χ2v) is 6.95. The summed E-state index contributed by atoms with van der Waals surface area (Å²) in [4.78, 5) is 43.3. The van der Waals surface area contributed by atoms with E-state index < -0.39 is 29.5 Å². The highest BCUT2D eigenvalue weighted by Gasteiger charge is 2.39. The summed E-state index contributed by atoms with van der Waals surface area (Å²) in [6.07, 6.45) is -0.184. The van der Waals surface area contributed by atoms with Gasteiger partial charge in [-0.05, 0) is 23.8 Å². The number of benzene rings is 2. The van der Waals surface area contributed by atoms with Crippen LogP contribution in [0.3, 0.4) is 0 Å². The molecule has 2 aromatic rings. The van der Waals surface area contributed by atoms with Gasteiger partial charge in [0, 0.05) is 22.0 Å². The molecule has 3 amide bonds. The minimum Gasteiger partial charge on any atom is -0.277 e. The number of hydrogen-bond donors (Lipinski definition) is 1. The first-order valence-corrected chi connectivity index (χ1v) is 8.92. The van der Waals surface area contributed by atoms with Gasteiger partial charge in [0.15, 0.2) is 0 Å². The summed E-state index contributed by atoms with van der Waals surface area (Å²) in [7, 11) is 1.29. The zero-order valence-corrected chi connectivity index (χ0v) is 16.0. The van der Waals surface area contributed by atoms with E-state index in [1.165, 1.54) is 19.2 Å². The molecule has 6 nitrogen and oxygen atoms in total. The lowest BCUT2D eigenvalue weighted by atomic mass is 9.86. The topological polar surface area (TPSA) is 75.7 Å². The van der Waals surface area contributed by atoms with Crippen LogP contribution in [0.25, 0.3) is 0 Å². The van der Waals surface area contributed by atoms with Crippen LogP contribution in [0.4, 0.5) is 4.39 Å². The van der Waals surface area contributed by atoms with Crippen molar-refractivity contribution in [2.24, 2.45) is 0 Å². The Kier molecular flexibility index (Phi) is 5.67. The van der Waals surface area contributed by atoms with E-state index in [4.69, 9.17) is 0 Å². The molecule has 0 bridgehead atoms. The summed E-state index contributed by atoms with van der Waals surface area (Å²) in [5.74, 6) is -2.94. The summed E-state index contributed by atoms with van der Waals surface area (Å²) in [6, 6.07) is 11.0. The van der Waals surface area contributed by atoms with E-state index >= 15 is 0 Å². The lowest BCUT2D eigenvalue weighted by molar-refractivity contribution is -0.138. The summed E-state index contributed by atoms with van der Waals surface area (Å²) in [5, 5.41) is 0. The maximum atomic E-state index is 14.2. The minimum absolute atomic E-state index is 0.184. The number of imide groups is 1. The monoisotopic (exact) mass is 434 g/mol. The third-order valence-electron chi connectivity index (χ3n) is 4.32. The molecule has 0 saturated heterocycles. The van der Waals surface area contributed by atoms with Crippen molar-refractivity contribution in [3.8, 4) is 0 Å². The molecule has 2 aromatic carbocycles. The van der Waals surface area contributed by atoms with Crippen LogP contribution in [-0.4, -0.2) is 29.7 Å². The normalized spacial score (nSPS) is 16.3. The fourth-order valence-corrected chi connectivity index (χ4v) is 3.40. The van der Waals surface area contributed by atoms with Crippen LogP contribution in [0.15, 0.2) is 46.9 Å². The Hall–Kier alpha value is -2.58. The number of fused-ring (bicyclic) bond motifs is 1. The third-order valence-corrected chi connectivity index (χ3v) is 4.82. The molecule has 1 aliphatic rings. The van der Waals surface area contributed by atoms with Crippen molar-refractivity contribution in [3.63, 3.8) is 0 Å². The molecule has 1 atom stereocenters. The fourth-order valence-electron chi connectivity index (χ4n) is 3.07. The number of halogens is 2. The summed E-state index contributed by atoms with van der Waals surface area (Å²) in [6.45, 7) is -0.215. The lowest BCUT2D eigenvalue weighted by Crippen LogP contribution is -2.45. The summed E-state index contributed by atoms with van der Waals surface area (Å²) < 4.78 is 14.8. The second-order valence-electron chi connectivity index (χ2n) is 6.04. The van der Waals surface area contributed by atoms with Gasteiger partial charge in [-0.1, -0.05) is 40.2 Å². The summed E-state index contributed by atoms with van der Waals surface area (Å²) >= 11 is 3.17. The van der Waals surface area contributed by atoms with E-state index in [-0.39, 0.29) is 18.5 Å². The molecule has 0 spiro atoms. The number of hydroxylamine groups is 1. The molecule has 3 rings (SSSR count). The molecule has 27 heavy (non-hydrogen) atoms. The fraction of sp³-hybridized carbons (Fsp3) is 0.211. The zero-order chi connectivity index (χ0) is 19.6. The molecule has 1 N–H and O–H groups in total. The van der Waals surface area contributed by atoms with Crippen molar-refractivity contribution in [3.05, 3.63) is 69.4 Å². The highest BCUT2D eigenvalue weighted by Crippen LogP contribution is 2.33. The number of nitrogens with one attached hydrogen (secondary N) is 1. The average Bonchev–Trinajstić information content (AvgIpc) is 2.64. The molecule has 0 radical (unpaired) electrons. The highest BCUT2D eigenvalue weighted by molar-refractivity contribution is 9.10. The standard InChI is InChI=1S/C19H16BrFN2O4/c1-27-22-17(24)9-15-13-4-2-3-5-14(13)18(25)23(19(15)26)10-11-6-7-12(20)8-16(11)21/h2-8,15H,9-10H2,1H3,(H,22,24). The molecule has 1 heterocycles. The SMILES string of the molecule is CONC(=O)CC1C(=O)N(Cc2ccc(Br)cc2F)C(=O)c2ccccc21. The van der Waals surface area contributed by atoms with Crippen LogP contribution in [0.5, 0.6) is 0 Å².